The largest absolute Gasteiger partial charge is 0.394 e. The van der Waals surface area contributed by atoms with Gasteiger partial charge in [-0.3, -0.25) is 0 Å². The van der Waals surface area contributed by atoms with Crippen molar-refractivity contribution in [3.63, 3.8) is 0 Å². The maximum absolute atomic E-state index is 6.85. The van der Waals surface area contributed by atoms with E-state index in [1.807, 2.05) is 0 Å². The Labute approximate surface area is 247 Å². The van der Waals surface area contributed by atoms with E-state index in [-0.39, 0.29) is 11.6 Å². The van der Waals surface area contributed by atoms with Gasteiger partial charge < -0.3 is 19.0 Å². The Balaban J connectivity index is 1.23. The van der Waals surface area contributed by atoms with Gasteiger partial charge in [-0.05, 0) is 59.3 Å². The van der Waals surface area contributed by atoms with Crippen molar-refractivity contribution in [2.24, 2.45) is 11.1 Å². The first-order valence-electron chi connectivity index (χ1n) is 16.6. The van der Waals surface area contributed by atoms with Gasteiger partial charge in [0.25, 0.3) is 0 Å². The lowest BCUT2D eigenvalue weighted by Crippen LogP contribution is -2.75. The van der Waals surface area contributed by atoms with E-state index in [1.54, 1.807) is 0 Å². The van der Waals surface area contributed by atoms with Crippen molar-refractivity contribution < 1.29 is 19.0 Å². The topological polar surface area (TPSA) is 68.7 Å². The van der Waals surface area contributed by atoms with Gasteiger partial charge in [0.2, 0.25) is 0 Å². The molecule has 7 aliphatic rings. The van der Waals surface area contributed by atoms with Gasteiger partial charge in [-0.1, -0.05) is 18.0 Å². The van der Waals surface area contributed by atoms with Crippen LogP contribution in [0.25, 0.3) is 0 Å². The van der Waals surface area contributed by atoms with Crippen LogP contribution in [0, 0.1) is 5.92 Å². The highest BCUT2D eigenvalue weighted by Crippen LogP contribution is 2.50. The summed E-state index contributed by atoms with van der Waals surface area (Å²) in [5.74, 6) is 0.315. The minimum absolute atomic E-state index is 0.0917. The summed E-state index contributed by atoms with van der Waals surface area (Å²) in [6.07, 6.45) is 9.90. The number of hydrogen-bond donors (Lipinski definition) is 0. The standard InChI is InChI=1S/C30H55N7O4/c1-29(2)26-10-11-30(3,41-29)28(27(26)37(34-16-21-38-22-17-34)35-18-23-39-24-19-35)31-40-25-20-36(32-12-6-4-7-13-32)33-14-8-5-9-15-33/h26-27H,4-25H2,1-3H3/b31-28-/t26-,27-,30+/m1/s1. The van der Waals surface area contributed by atoms with Crippen LogP contribution in [-0.4, -0.2) is 145 Å². The molecule has 0 aromatic carbocycles. The molecule has 7 rings (SSSR count). The Morgan fingerprint density at radius 3 is 1.80 bits per heavy atom. The molecule has 11 nitrogen and oxygen atoms in total. The number of fused-ring (bicyclic) bond motifs is 3. The zero-order valence-corrected chi connectivity index (χ0v) is 26.0. The SMILES string of the molecule is CC1(C)O[C@@]2(C)CC[C@@H]1[C@@H](N(N1CCOCC1)N1CCOCC1)/C2=N/OCCN(N1CCCCC1)N1CCCCC1. The monoisotopic (exact) mass is 577 g/mol. The zero-order chi connectivity index (χ0) is 28.3. The van der Waals surface area contributed by atoms with E-state index >= 15 is 0 Å². The molecule has 6 heterocycles. The third kappa shape index (κ3) is 6.63. The lowest BCUT2D eigenvalue weighted by atomic mass is 9.64. The van der Waals surface area contributed by atoms with Gasteiger partial charge >= 0.3 is 0 Å². The second-order valence-corrected chi connectivity index (χ2v) is 13.4. The number of ether oxygens (including phenoxy) is 3. The lowest BCUT2D eigenvalue weighted by molar-refractivity contribution is -0.280. The Kier molecular flexibility index (Phi) is 9.85. The van der Waals surface area contributed by atoms with Crippen LogP contribution < -0.4 is 0 Å². The molecule has 7 fully saturated rings. The fraction of sp³-hybridized carbons (Fsp3) is 0.967. The van der Waals surface area contributed by atoms with Crippen LogP contribution in [0.4, 0.5) is 0 Å². The second-order valence-electron chi connectivity index (χ2n) is 13.4. The first kappa shape index (κ1) is 30.1. The van der Waals surface area contributed by atoms with E-state index in [9.17, 15) is 0 Å². The highest BCUT2D eigenvalue weighted by Gasteiger charge is 2.61. The van der Waals surface area contributed by atoms with Crippen molar-refractivity contribution in [1.82, 2.24) is 30.3 Å². The number of oxime groups is 1. The van der Waals surface area contributed by atoms with Crippen LogP contribution >= 0.6 is 0 Å². The van der Waals surface area contributed by atoms with Crippen LogP contribution in [-0.2, 0) is 19.0 Å². The average molecular weight is 578 g/mol. The lowest BCUT2D eigenvalue weighted by Gasteiger charge is -2.62. The van der Waals surface area contributed by atoms with E-state index in [0.29, 0.717) is 12.5 Å². The zero-order valence-electron chi connectivity index (χ0n) is 26.0. The van der Waals surface area contributed by atoms with Crippen LogP contribution in [0.1, 0.15) is 72.1 Å². The van der Waals surface area contributed by atoms with Crippen molar-refractivity contribution in [1.29, 1.82) is 0 Å². The predicted octanol–water partition coefficient (Wildman–Crippen LogP) is 2.61. The molecule has 0 amide bonds. The molecular formula is C30H55N7O4. The molecule has 1 saturated carbocycles. The number of hydrazine groups is 4. The molecule has 11 heteroatoms. The molecule has 0 radical (unpaired) electrons. The summed E-state index contributed by atoms with van der Waals surface area (Å²) in [4.78, 5) is 6.33. The van der Waals surface area contributed by atoms with E-state index in [4.69, 9.17) is 24.2 Å². The summed E-state index contributed by atoms with van der Waals surface area (Å²) in [7, 11) is 0. The molecular weight excluding hydrogens is 522 g/mol. The van der Waals surface area contributed by atoms with E-state index in [2.05, 4.69) is 51.0 Å². The molecule has 0 N–H and O–H groups in total. The third-order valence-electron chi connectivity index (χ3n) is 10.2. The van der Waals surface area contributed by atoms with Gasteiger partial charge in [-0.15, -0.1) is 0 Å². The van der Waals surface area contributed by atoms with Gasteiger partial charge in [0, 0.05) is 58.3 Å². The maximum atomic E-state index is 6.85. The van der Waals surface area contributed by atoms with Crippen LogP contribution in [0.3, 0.4) is 0 Å². The Hall–Kier alpha value is -0.890. The maximum Gasteiger partial charge on any atom is 0.132 e. The molecule has 2 bridgehead atoms. The highest BCUT2D eigenvalue weighted by atomic mass is 16.6. The summed E-state index contributed by atoms with van der Waals surface area (Å²) >= 11 is 0. The van der Waals surface area contributed by atoms with E-state index in [0.717, 1.165) is 104 Å². The molecule has 0 spiro atoms. The first-order valence-corrected chi connectivity index (χ1v) is 16.6. The van der Waals surface area contributed by atoms with Crippen molar-refractivity contribution in [3.05, 3.63) is 0 Å². The molecule has 234 valence electrons. The molecule has 0 unspecified atom stereocenters. The molecule has 6 aliphatic heterocycles. The summed E-state index contributed by atoms with van der Waals surface area (Å²) in [6, 6.07) is 0.0917. The van der Waals surface area contributed by atoms with E-state index < -0.39 is 5.60 Å². The summed E-state index contributed by atoms with van der Waals surface area (Å²) in [6.45, 7) is 19.3. The number of hydrogen-bond acceptors (Lipinski definition) is 11. The number of piperidine rings is 2. The minimum Gasteiger partial charge on any atom is -0.394 e. The summed E-state index contributed by atoms with van der Waals surface area (Å²) in [5.41, 5.74) is 0.361. The third-order valence-corrected chi connectivity index (χ3v) is 10.2. The Morgan fingerprint density at radius 1 is 0.756 bits per heavy atom. The molecule has 41 heavy (non-hydrogen) atoms. The van der Waals surface area contributed by atoms with Gasteiger partial charge in [-0.25, -0.2) is 20.0 Å². The molecule has 1 aliphatic carbocycles. The van der Waals surface area contributed by atoms with Gasteiger partial charge in [-0.2, -0.15) is 10.2 Å². The molecule has 0 aromatic rings. The quantitative estimate of drug-likeness (QED) is 0.302. The number of rotatable bonds is 9. The Morgan fingerprint density at radius 2 is 1.29 bits per heavy atom. The Bertz CT molecular complexity index is 833. The normalized spacial score (nSPS) is 35.5. The van der Waals surface area contributed by atoms with Gasteiger partial charge in [0.1, 0.15) is 17.9 Å². The van der Waals surface area contributed by atoms with Gasteiger partial charge in [0.15, 0.2) is 0 Å². The second kappa shape index (κ2) is 13.4. The summed E-state index contributed by atoms with van der Waals surface area (Å²) in [5, 5.41) is 20.2. The first-order chi connectivity index (χ1) is 20.0. The summed E-state index contributed by atoms with van der Waals surface area (Å²) < 4.78 is 18.4. The van der Waals surface area contributed by atoms with E-state index in [1.165, 1.54) is 38.5 Å². The van der Waals surface area contributed by atoms with Gasteiger partial charge in [0.05, 0.1) is 44.6 Å². The van der Waals surface area contributed by atoms with Crippen molar-refractivity contribution in [2.75, 3.05) is 91.9 Å². The molecule has 3 atom stereocenters. The van der Waals surface area contributed by atoms with Crippen LogP contribution in [0.15, 0.2) is 5.16 Å². The minimum atomic E-state index is -0.445. The van der Waals surface area contributed by atoms with Crippen molar-refractivity contribution >= 4 is 5.71 Å². The smallest absolute Gasteiger partial charge is 0.132 e. The molecule has 6 saturated heterocycles. The highest BCUT2D eigenvalue weighted by molar-refractivity contribution is 5.98. The fourth-order valence-corrected chi connectivity index (χ4v) is 8.09. The van der Waals surface area contributed by atoms with Crippen molar-refractivity contribution in [3.8, 4) is 0 Å². The average Bonchev–Trinajstić information content (AvgIpc) is 2.99. The predicted molar refractivity (Wildman–Crippen MR) is 158 cm³/mol. The number of nitrogens with zero attached hydrogens (tertiary/aromatic N) is 7. The van der Waals surface area contributed by atoms with Crippen LogP contribution in [0.2, 0.25) is 0 Å². The van der Waals surface area contributed by atoms with Crippen LogP contribution in [0.5, 0.6) is 0 Å². The molecule has 0 aromatic heterocycles. The number of morpholine rings is 2. The fourth-order valence-electron chi connectivity index (χ4n) is 8.09. The van der Waals surface area contributed by atoms with Crippen molar-refractivity contribution in [2.45, 2.75) is 89.4 Å².